The van der Waals surface area contributed by atoms with Gasteiger partial charge in [-0.2, -0.15) is 0 Å². The zero-order valence-corrected chi connectivity index (χ0v) is 13.5. The lowest BCUT2D eigenvalue weighted by molar-refractivity contribution is 0.359. The third kappa shape index (κ3) is 4.09. The van der Waals surface area contributed by atoms with Crippen molar-refractivity contribution in [3.63, 3.8) is 0 Å². The fourth-order valence-electron chi connectivity index (χ4n) is 3.59. The molecule has 0 aliphatic heterocycles. The van der Waals surface area contributed by atoms with Crippen molar-refractivity contribution in [2.75, 3.05) is 6.54 Å². The van der Waals surface area contributed by atoms with Crippen LogP contribution in [0.4, 0.5) is 0 Å². The van der Waals surface area contributed by atoms with E-state index in [0.29, 0.717) is 6.04 Å². The molecule has 1 aromatic carbocycles. The molecule has 1 N–H and O–H groups in total. The van der Waals surface area contributed by atoms with Crippen molar-refractivity contribution < 1.29 is 0 Å². The fourth-order valence-corrected chi connectivity index (χ4v) is 3.59. The van der Waals surface area contributed by atoms with Crippen molar-refractivity contribution in [2.24, 2.45) is 11.8 Å². The number of rotatable bonds is 7. The first kappa shape index (κ1) is 15.6. The first-order valence-corrected chi connectivity index (χ1v) is 8.56. The zero-order valence-electron chi connectivity index (χ0n) is 13.5. The average Bonchev–Trinajstić information content (AvgIpc) is 2.88. The number of hydrogen-bond acceptors (Lipinski definition) is 1. The van der Waals surface area contributed by atoms with Gasteiger partial charge in [0.2, 0.25) is 0 Å². The molecule has 0 spiro atoms. The van der Waals surface area contributed by atoms with Crippen LogP contribution in [0.25, 0.3) is 0 Å². The molecule has 0 bridgehead atoms. The molecule has 0 aromatic heterocycles. The Morgan fingerprint density at radius 2 is 1.85 bits per heavy atom. The summed E-state index contributed by atoms with van der Waals surface area (Å²) in [6.07, 6.45) is 7.83. The van der Waals surface area contributed by atoms with Crippen LogP contribution in [0.5, 0.6) is 0 Å². The van der Waals surface area contributed by atoms with E-state index in [2.05, 4.69) is 50.4 Å². The van der Waals surface area contributed by atoms with Crippen molar-refractivity contribution in [1.82, 2.24) is 5.32 Å². The van der Waals surface area contributed by atoms with Gasteiger partial charge in [0, 0.05) is 6.04 Å². The van der Waals surface area contributed by atoms with E-state index in [1.165, 1.54) is 49.7 Å². The summed E-state index contributed by atoms with van der Waals surface area (Å²) in [4.78, 5) is 0. The van der Waals surface area contributed by atoms with Gasteiger partial charge in [0.1, 0.15) is 0 Å². The van der Waals surface area contributed by atoms with E-state index in [9.17, 15) is 0 Å². The second-order valence-corrected chi connectivity index (χ2v) is 6.60. The van der Waals surface area contributed by atoms with Crippen LogP contribution in [-0.4, -0.2) is 6.54 Å². The van der Waals surface area contributed by atoms with Crippen molar-refractivity contribution in [3.05, 3.63) is 35.4 Å². The molecule has 1 aromatic rings. The minimum Gasteiger partial charge on any atom is -0.310 e. The number of benzene rings is 1. The van der Waals surface area contributed by atoms with Crippen molar-refractivity contribution in [1.29, 1.82) is 0 Å². The van der Waals surface area contributed by atoms with Crippen molar-refractivity contribution in [2.45, 2.75) is 65.3 Å². The molecule has 1 fully saturated rings. The highest BCUT2D eigenvalue weighted by Gasteiger charge is 2.29. The van der Waals surface area contributed by atoms with E-state index in [4.69, 9.17) is 0 Å². The number of hydrogen-bond donors (Lipinski definition) is 1. The lowest BCUT2D eigenvalue weighted by atomic mass is 9.90. The predicted molar refractivity (Wildman–Crippen MR) is 88.0 cm³/mol. The van der Waals surface area contributed by atoms with E-state index in [0.717, 1.165) is 18.4 Å². The van der Waals surface area contributed by atoms with Gasteiger partial charge in [0.25, 0.3) is 0 Å². The van der Waals surface area contributed by atoms with Crippen LogP contribution in [-0.2, 0) is 6.42 Å². The standard InChI is InChI=1S/C19H31N/c1-4-6-16-8-11-17(12-9-16)19(20-13-5-2)18-10-7-15(3)14-18/h8-9,11-12,15,18-20H,4-7,10,13-14H2,1-3H3. The normalized spacial score (nSPS) is 23.9. The molecule has 1 saturated carbocycles. The molecule has 20 heavy (non-hydrogen) atoms. The largest absolute Gasteiger partial charge is 0.310 e. The van der Waals surface area contributed by atoms with Gasteiger partial charge in [-0.1, -0.05) is 57.9 Å². The average molecular weight is 273 g/mol. The summed E-state index contributed by atoms with van der Waals surface area (Å²) in [5.74, 6) is 1.74. The maximum Gasteiger partial charge on any atom is 0.0348 e. The molecule has 3 atom stereocenters. The van der Waals surface area contributed by atoms with Crippen LogP contribution in [0, 0.1) is 11.8 Å². The quantitative estimate of drug-likeness (QED) is 0.727. The summed E-state index contributed by atoms with van der Waals surface area (Å²) in [7, 11) is 0. The summed E-state index contributed by atoms with van der Waals surface area (Å²) in [5, 5.41) is 3.80. The first-order chi connectivity index (χ1) is 9.74. The van der Waals surface area contributed by atoms with Crippen LogP contribution in [0.2, 0.25) is 0 Å². The van der Waals surface area contributed by atoms with Crippen LogP contribution in [0.15, 0.2) is 24.3 Å². The Kier molecular flexibility index (Phi) is 6.09. The number of nitrogens with one attached hydrogen (secondary N) is 1. The maximum absolute atomic E-state index is 3.80. The van der Waals surface area contributed by atoms with Crippen LogP contribution >= 0.6 is 0 Å². The molecule has 3 unspecified atom stereocenters. The van der Waals surface area contributed by atoms with Gasteiger partial charge >= 0.3 is 0 Å². The minimum absolute atomic E-state index is 0.565. The van der Waals surface area contributed by atoms with Gasteiger partial charge in [-0.05, 0) is 55.2 Å². The molecule has 2 rings (SSSR count). The van der Waals surface area contributed by atoms with Gasteiger partial charge in [-0.3, -0.25) is 0 Å². The van der Waals surface area contributed by atoms with E-state index >= 15 is 0 Å². The van der Waals surface area contributed by atoms with Crippen molar-refractivity contribution in [3.8, 4) is 0 Å². The minimum atomic E-state index is 0.565. The molecule has 0 heterocycles. The zero-order chi connectivity index (χ0) is 14.4. The molecule has 0 amide bonds. The van der Waals surface area contributed by atoms with E-state index in [1.54, 1.807) is 0 Å². The van der Waals surface area contributed by atoms with E-state index in [-0.39, 0.29) is 0 Å². The molecule has 1 nitrogen and oxygen atoms in total. The van der Waals surface area contributed by atoms with Crippen LogP contribution in [0.3, 0.4) is 0 Å². The Morgan fingerprint density at radius 3 is 2.40 bits per heavy atom. The molecule has 0 saturated heterocycles. The smallest absolute Gasteiger partial charge is 0.0348 e. The summed E-state index contributed by atoms with van der Waals surface area (Å²) in [6, 6.07) is 9.95. The van der Waals surface area contributed by atoms with Crippen LogP contribution < -0.4 is 5.32 Å². The molecule has 0 radical (unpaired) electrons. The third-order valence-corrected chi connectivity index (χ3v) is 4.70. The highest BCUT2D eigenvalue weighted by atomic mass is 14.9. The lowest BCUT2D eigenvalue weighted by Gasteiger charge is -2.26. The maximum atomic E-state index is 3.80. The van der Waals surface area contributed by atoms with Crippen molar-refractivity contribution >= 4 is 0 Å². The Labute approximate surface area is 125 Å². The highest BCUT2D eigenvalue weighted by Crippen LogP contribution is 2.38. The monoisotopic (exact) mass is 273 g/mol. The summed E-state index contributed by atoms with van der Waals surface area (Å²) >= 11 is 0. The summed E-state index contributed by atoms with van der Waals surface area (Å²) in [5.41, 5.74) is 2.97. The summed E-state index contributed by atoms with van der Waals surface area (Å²) in [6.45, 7) is 8.04. The lowest BCUT2D eigenvalue weighted by Crippen LogP contribution is -2.28. The molecule has 1 aliphatic carbocycles. The Bertz CT molecular complexity index is 381. The summed E-state index contributed by atoms with van der Waals surface area (Å²) < 4.78 is 0. The molecular weight excluding hydrogens is 242 g/mol. The molecule has 1 aliphatic rings. The van der Waals surface area contributed by atoms with E-state index in [1.807, 2.05) is 0 Å². The van der Waals surface area contributed by atoms with Gasteiger partial charge < -0.3 is 5.32 Å². The van der Waals surface area contributed by atoms with Gasteiger partial charge in [-0.25, -0.2) is 0 Å². The van der Waals surface area contributed by atoms with E-state index < -0.39 is 0 Å². The van der Waals surface area contributed by atoms with Crippen LogP contribution in [0.1, 0.15) is 70.0 Å². The fraction of sp³-hybridized carbons (Fsp3) is 0.684. The molecule has 112 valence electrons. The second kappa shape index (κ2) is 7.83. The highest BCUT2D eigenvalue weighted by molar-refractivity contribution is 5.26. The van der Waals surface area contributed by atoms with Gasteiger partial charge in [0.15, 0.2) is 0 Å². The third-order valence-electron chi connectivity index (χ3n) is 4.70. The Hall–Kier alpha value is -0.820. The molecule has 1 heteroatoms. The SMILES string of the molecule is CCCNC(c1ccc(CCC)cc1)C1CCC(C)C1. The predicted octanol–water partition coefficient (Wildman–Crippen LogP) is 5.12. The molecular formula is C19H31N. The second-order valence-electron chi connectivity index (χ2n) is 6.60. The topological polar surface area (TPSA) is 12.0 Å². The Balaban J connectivity index is 2.08. The van der Waals surface area contributed by atoms with Gasteiger partial charge in [-0.15, -0.1) is 0 Å². The number of aryl methyl sites for hydroxylation is 1. The first-order valence-electron chi connectivity index (χ1n) is 8.56. The van der Waals surface area contributed by atoms with Gasteiger partial charge in [0.05, 0.1) is 0 Å². The Morgan fingerprint density at radius 1 is 1.10 bits per heavy atom.